The highest BCUT2D eigenvalue weighted by Crippen LogP contribution is 2.58. The Morgan fingerprint density at radius 1 is 1.00 bits per heavy atom. The number of benzene rings is 1. The lowest BCUT2D eigenvalue weighted by molar-refractivity contribution is 0.0765. The Hall–Kier alpha value is -1.27. The lowest BCUT2D eigenvalue weighted by Gasteiger charge is -2.49. The quantitative estimate of drug-likeness (QED) is 0.375. The minimum atomic E-state index is -4.60. The first-order chi connectivity index (χ1) is 14.2. The summed E-state index contributed by atoms with van der Waals surface area (Å²) in [5.41, 5.74) is 0.754. The van der Waals surface area contributed by atoms with Crippen LogP contribution < -0.4 is 4.74 Å². The maximum absolute atomic E-state index is 12.8. The van der Waals surface area contributed by atoms with E-state index in [9.17, 15) is 18.1 Å². The van der Waals surface area contributed by atoms with Gasteiger partial charge in [0.1, 0.15) is 4.90 Å². The van der Waals surface area contributed by atoms with Gasteiger partial charge in [0.25, 0.3) is 10.1 Å². The van der Waals surface area contributed by atoms with Gasteiger partial charge in [-0.05, 0) is 65.4 Å². The molecule has 0 aliphatic heterocycles. The molecule has 0 heterocycles. The van der Waals surface area contributed by atoms with E-state index in [2.05, 4.69) is 62.3 Å². The number of phenols is 1. The Balaban J connectivity index is 4.28. The highest BCUT2D eigenvalue weighted by molar-refractivity contribution is 7.86. The molecule has 0 spiro atoms. The number of ether oxygens (including phenoxy) is 1. The van der Waals surface area contributed by atoms with Gasteiger partial charge < -0.3 is 9.84 Å². The fraction of sp³-hybridized carbons (Fsp3) is 0.769. The standard InChI is InChI=1S/C26H46O5S/c1-13-18-20(27)21(31-12)17(4)19(22(18)32(28,29)30)23(25(8,9)14-16(2)3)26(10,11)15-24(5,6)7/h16,23,27H,13-15H2,1-12H3,(H,28,29,30). The summed E-state index contributed by atoms with van der Waals surface area (Å²) >= 11 is 0. The molecule has 1 rings (SSSR count). The second-order valence-electron chi connectivity index (χ2n) is 12.3. The molecule has 0 aliphatic rings. The average molecular weight is 471 g/mol. The predicted molar refractivity (Wildman–Crippen MR) is 132 cm³/mol. The van der Waals surface area contributed by atoms with E-state index in [-0.39, 0.29) is 50.5 Å². The average Bonchev–Trinajstić information content (AvgIpc) is 2.52. The molecule has 0 saturated carbocycles. The van der Waals surface area contributed by atoms with Crippen molar-refractivity contribution in [3.05, 3.63) is 16.7 Å². The summed E-state index contributed by atoms with van der Waals surface area (Å²) in [4.78, 5) is -0.153. The first-order valence-electron chi connectivity index (χ1n) is 11.6. The zero-order chi connectivity index (χ0) is 25.4. The number of methoxy groups -OCH3 is 1. The fourth-order valence-electron chi connectivity index (χ4n) is 6.58. The van der Waals surface area contributed by atoms with Crippen LogP contribution in [0.1, 0.15) is 105 Å². The van der Waals surface area contributed by atoms with Gasteiger partial charge in [-0.1, -0.05) is 69.2 Å². The van der Waals surface area contributed by atoms with E-state index in [1.165, 1.54) is 7.11 Å². The topological polar surface area (TPSA) is 83.8 Å². The molecule has 6 heteroatoms. The van der Waals surface area contributed by atoms with Gasteiger partial charge in [0.15, 0.2) is 11.5 Å². The van der Waals surface area contributed by atoms with Crippen LogP contribution in [0.3, 0.4) is 0 Å². The van der Waals surface area contributed by atoms with E-state index >= 15 is 0 Å². The van der Waals surface area contributed by atoms with Crippen LogP contribution in [-0.4, -0.2) is 25.2 Å². The van der Waals surface area contributed by atoms with Gasteiger partial charge in [0, 0.05) is 5.56 Å². The van der Waals surface area contributed by atoms with Crippen LogP contribution in [0.5, 0.6) is 11.5 Å². The molecule has 186 valence electrons. The first kappa shape index (κ1) is 28.8. The molecule has 2 N–H and O–H groups in total. The number of rotatable bonds is 9. The normalized spacial score (nSPS) is 14.7. The van der Waals surface area contributed by atoms with E-state index < -0.39 is 10.1 Å². The fourth-order valence-corrected chi connectivity index (χ4v) is 7.68. The summed E-state index contributed by atoms with van der Waals surface area (Å²) in [5.74, 6) is 0.254. The lowest BCUT2D eigenvalue weighted by Crippen LogP contribution is -2.39. The number of phenolic OH excluding ortho intramolecular Hbond substituents is 1. The Labute approximate surface area is 196 Å². The molecular formula is C26H46O5S. The third kappa shape index (κ3) is 6.19. The molecule has 5 nitrogen and oxygen atoms in total. The molecule has 0 aromatic heterocycles. The minimum Gasteiger partial charge on any atom is -0.504 e. The zero-order valence-corrected chi connectivity index (χ0v) is 23.1. The van der Waals surface area contributed by atoms with Crippen LogP contribution >= 0.6 is 0 Å². The van der Waals surface area contributed by atoms with Crippen molar-refractivity contribution in [3.63, 3.8) is 0 Å². The Bertz CT molecular complexity index is 919. The van der Waals surface area contributed by atoms with Crippen LogP contribution in [0, 0.1) is 29.1 Å². The molecule has 0 saturated heterocycles. The Kier molecular flexibility index (Phi) is 8.57. The second kappa shape index (κ2) is 9.54. The Morgan fingerprint density at radius 3 is 1.84 bits per heavy atom. The van der Waals surface area contributed by atoms with Gasteiger partial charge in [-0.3, -0.25) is 4.55 Å². The van der Waals surface area contributed by atoms with Crippen molar-refractivity contribution in [1.82, 2.24) is 0 Å². The number of hydrogen-bond donors (Lipinski definition) is 2. The van der Waals surface area contributed by atoms with Crippen molar-refractivity contribution < 1.29 is 22.8 Å². The highest BCUT2D eigenvalue weighted by atomic mass is 32.2. The van der Waals surface area contributed by atoms with E-state index in [1.807, 2.05) is 0 Å². The predicted octanol–water partition coefficient (Wildman–Crippen LogP) is 7.14. The molecule has 1 unspecified atom stereocenters. The molecule has 0 radical (unpaired) electrons. The van der Waals surface area contributed by atoms with Crippen LogP contribution in [-0.2, 0) is 16.5 Å². The SMILES string of the molecule is CCc1c(O)c(OC)c(C)c(C(C(C)(C)CC(C)C)C(C)(C)CC(C)(C)C)c1S(=O)(=O)O. The summed E-state index contributed by atoms with van der Waals surface area (Å²) in [6.07, 6.45) is 1.98. The van der Waals surface area contributed by atoms with Crippen molar-refractivity contribution in [2.75, 3.05) is 7.11 Å². The van der Waals surface area contributed by atoms with Gasteiger partial charge >= 0.3 is 0 Å². The molecule has 0 fully saturated rings. The van der Waals surface area contributed by atoms with Crippen molar-refractivity contribution >= 4 is 10.1 Å². The maximum atomic E-state index is 12.8. The van der Waals surface area contributed by atoms with Gasteiger partial charge in [-0.15, -0.1) is 0 Å². The zero-order valence-electron chi connectivity index (χ0n) is 22.3. The van der Waals surface area contributed by atoms with Gasteiger partial charge in [-0.2, -0.15) is 8.42 Å². The summed E-state index contributed by atoms with van der Waals surface area (Å²) in [5, 5.41) is 10.9. The minimum absolute atomic E-state index is 0.0103. The van der Waals surface area contributed by atoms with Crippen LogP contribution in [0.15, 0.2) is 4.90 Å². The van der Waals surface area contributed by atoms with Gasteiger partial charge in [0.05, 0.1) is 7.11 Å². The highest BCUT2D eigenvalue weighted by Gasteiger charge is 2.47. The van der Waals surface area contributed by atoms with Crippen LogP contribution in [0.2, 0.25) is 0 Å². The summed E-state index contributed by atoms with van der Waals surface area (Å²) in [6, 6.07) is 0. The third-order valence-electron chi connectivity index (χ3n) is 6.35. The third-order valence-corrected chi connectivity index (χ3v) is 7.33. The molecule has 1 aromatic carbocycles. The summed E-state index contributed by atoms with van der Waals surface area (Å²) < 4.78 is 41.6. The van der Waals surface area contributed by atoms with E-state index in [0.29, 0.717) is 17.0 Å². The molecule has 1 aromatic rings. The van der Waals surface area contributed by atoms with Gasteiger partial charge in [0.2, 0.25) is 0 Å². The van der Waals surface area contributed by atoms with Crippen molar-refractivity contribution in [3.8, 4) is 11.5 Å². The first-order valence-corrected chi connectivity index (χ1v) is 13.0. The number of aromatic hydroxyl groups is 1. The molecule has 1 atom stereocenters. The van der Waals surface area contributed by atoms with Gasteiger partial charge in [-0.25, -0.2) is 0 Å². The molecule has 32 heavy (non-hydrogen) atoms. The van der Waals surface area contributed by atoms with E-state index in [1.54, 1.807) is 13.8 Å². The van der Waals surface area contributed by atoms with Crippen LogP contribution in [0.25, 0.3) is 0 Å². The summed E-state index contributed by atoms with van der Waals surface area (Å²) in [7, 11) is -3.12. The maximum Gasteiger partial charge on any atom is 0.295 e. The van der Waals surface area contributed by atoms with E-state index in [4.69, 9.17) is 4.74 Å². The lowest BCUT2D eigenvalue weighted by atomic mass is 9.56. The summed E-state index contributed by atoms with van der Waals surface area (Å²) in [6.45, 7) is 23.2. The smallest absolute Gasteiger partial charge is 0.295 e. The number of hydrogen-bond acceptors (Lipinski definition) is 4. The second-order valence-corrected chi connectivity index (χ2v) is 13.7. The molecular weight excluding hydrogens is 424 g/mol. The monoisotopic (exact) mass is 470 g/mol. The molecule has 0 amide bonds. The van der Waals surface area contributed by atoms with Crippen molar-refractivity contribution in [2.45, 2.75) is 106 Å². The molecule has 0 aliphatic carbocycles. The largest absolute Gasteiger partial charge is 0.504 e. The van der Waals surface area contributed by atoms with Crippen LogP contribution in [0.4, 0.5) is 0 Å². The van der Waals surface area contributed by atoms with Crippen molar-refractivity contribution in [2.24, 2.45) is 22.2 Å². The molecule has 0 bridgehead atoms. The van der Waals surface area contributed by atoms with Crippen molar-refractivity contribution in [1.29, 1.82) is 0 Å². The Morgan fingerprint density at radius 2 is 1.50 bits per heavy atom. The van der Waals surface area contributed by atoms with E-state index in [0.717, 1.165) is 12.8 Å².